The Balaban J connectivity index is 2.46. The molecule has 0 fully saturated rings. The summed E-state index contributed by atoms with van der Waals surface area (Å²) in [5, 5.41) is 0.503. The molecule has 0 N–H and O–H groups in total. The van der Waals surface area contributed by atoms with E-state index < -0.39 is 0 Å². The molecule has 0 saturated carbocycles. The van der Waals surface area contributed by atoms with Gasteiger partial charge < -0.3 is 9.47 Å². The molecule has 0 aliphatic heterocycles. The Bertz CT molecular complexity index is 707. The molecule has 0 heterocycles. The molecule has 0 radical (unpaired) electrons. The Morgan fingerprint density at radius 3 is 2.59 bits per heavy atom. The second-order valence-electron chi connectivity index (χ2n) is 4.30. The van der Waals surface area contributed by atoms with E-state index in [1.165, 1.54) is 31.0 Å². The van der Waals surface area contributed by atoms with Crippen LogP contribution in [0.3, 0.4) is 0 Å². The summed E-state index contributed by atoms with van der Waals surface area (Å²) in [7, 11) is 3.08. The van der Waals surface area contributed by atoms with Gasteiger partial charge in [0.1, 0.15) is 5.82 Å². The van der Waals surface area contributed by atoms with Crippen molar-refractivity contribution in [2.75, 3.05) is 20.5 Å². The first kappa shape index (κ1) is 16.6. The third kappa shape index (κ3) is 3.72. The van der Waals surface area contributed by atoms with Crippen molar-refractivity contribution in [1.82, 2.24) is 0 Å². The van der Waals surface area contributed by atoms with Crippen molar-refractivity contribution in [3.05, 3.63) is 46.7 Å². The molecule has 0 saturated heterocycles. The lowest BCUT2D eigenvalue weighted by Crippen LogP contribution is -1.95. The topological polar surface area (TPSA) is 30.8 Å². The minimum atomic E-state index is -0.333. The van der Waals surface area contributed by atoms with E-state index in [1.807, 2.05) is 6.26 Å². The number of methoxy groups -OCH3 is 2. The number of benzene rings is 2. The summed E-state index contributed by atoms with van der Waals surface area (Å²) in [6.45, 7) is 0. The van der Waals surface area contributed by atoms with Crippen LogP contribution in [0.15, 0.2) is 40.2 Å². The Kier molecular flexibility index (Phi) is 5.69. The van der Waals surface area contributed by atoms with Crippen molar-refractivity contribution in [1.29, 1.82) is 0 Å². The van der Waals surface area contributed by atoms with E-state index in [4.69, 9.17) is 21.1 Å². The number of hydrogen-bond acceptors (Lipinski definition) is 4. The average molecular weight is 340 g/mol. The van der Waals surface area contributed by atoms with E-state index in [9.17, 15) is 4.39 Å². The van der Waals surface area contributed by atoms with Crippen LogP contribution < -0.4 is 9.47 Å². The van der Waals surface area contributed by atoms with E-state index in [-0.39, 0.29) is 5.82 Å². The van der Waals surface area contributed by atoms with Gasteiger partial charge in [0.2, 0.25) is 0 Å². The molecule has 0 amide bonds. The highest BCUT2D eigenvalue weighted by Gasteiger charge is 2.11. The number of rotatable bonds is 5. The monoisotopic (exact) mass is 339 g/mol. The molecule has 2 aromatic rings. The summed E-state index contributed by atoms with van der Waals surface area (Å²) in [5.74, 6) is 0.708. The number of thioether (sulfide) groups is 1. The van der Waals surface area contributed by atoms with Gasteiger partial charge in [0.05, 0.1) is 19.9 Å². The minimum absolute atomic E-state index is 0.333. The van der Waals surface area contributed by atoms with Gasteiger partial charge in [-0.2, -0.15) is 0 Å². The zero-order valence-electron chi connectivity index (χ0n) is 12.4. The normalized spacial score (nSPS) is 11.0. The Morgan fingerprint density at radius 2 is 1.95 bits per heavy atom. The number of nitrogens with zero attached hydrogens (tertiary/aromatic N) is 1. The smallest absolute Gasteiger partial charge is 0.169 e. The largest absolute Gasteiger partial charge is 0.493 e. The molecular formula is C16H15ClFNO2S. The third-order valence-electron chi connectivity index (χ3n) is 2.96. The van der Waals surface area contributed by atoms with Crippen LogP contribution in [0.2, 0.25) is 5.02 Å². The molecule has 0 atom stereocenters. The van der Waals surface area contributed by atoms with Crippen LogP contribution in [-0.2, 0) is 0 Å². The van der Waals surface area contributed by atoms with Gasteiger partial charge in [0, 0.05) is 33.8 Å². The maximum Gasteiger partial charge on any atom is 0.169 e. The first-order valence-electron chi connectivity index (χ1n) is 6.38. The molecule has 0 spiro atoms. The molecule has 2 rings (SSSR count). The highest BCUT2D eigenvalue weighted by molar-refractivity contribution is 7.98. The fourth-order valence-corrected chi connectivity index (χ4v) is 2.70. The van der Waals surface area contributed by atoms with Crippen molar-refractivity contribution in [2.24, 2.45) is 4.99 Å². The quantitative estimate of drug-likeness (QED) is 0.569. The predicted molar refractivity (Wildman–Crippen MR) is 90.0 cm³/mol. The van der Waals surface area contributed by atoms with Gasteiger partial charge >= 0.3 is 0 Å². The van der Waals surface area contributed by atoms with Gasteiger partial charge in [-0.3, -0.25) is 4.99 Å². The van der Waals surface area contributed by atoms with Crippen molar-refractivity contribution < 1.29 is 13.9 Å². The van der Waals surface area contributed by atoms with Crippen LogP contribution in [0.4, 0.5) is 10.1 Å². The predicted octanol–water partition coefficient (Wildman–Crippen LogP) is 4.97. The maximum atomic E-state index is 13.4. The van der Waals surface area contributed by atoms with Gasteiger partial charge in [-0.15, -0.1) is 11.8 Å². The van der Waals surface area contributed by atoms with Crippen molar-refractivity contribution in [2.45, 2.75) is 4.90 Å². The molecule has 0 aliphatic rings. The summed E-state index contributed by atoms with van der Waals surface area (Å²) in [6, 6.07) is 7.87. The molecule has 22 heavy (non-hydrogen) atoms. The van der Waals surface area contributed by atoms with E-state index in [2.05, 4.69) is 4.99 Å². The highest BCUT2D eigenvalue weighted by atomic mass is 35.5. The van der Waals surface area contributed by atoms with Crippen LogP contribution >= 0.6 is 23.4 Å². The fraction of sp³-hybridized carbons (Fsp3) is 0.188. The average Bonchev–Trinajstić information content (AvgIpc) is 2.52. The van der Waals surface area contributed by atoms with E-state index in [0.29, 0.717) is 27.8 Å². The van der Waals surface area contributed by atoms with Crippen LogP contribution in [0.1, 0.15) is 5.56 Å². The number of ether oxygens (including phenoxy) is 2. The lowest BCUT2D eigenvalue weighted by Gasteiger charge is -2.11. The van der Waals surface area contributed by atoms with Crippen molar-refractivity contribution >= 4 is 35.3 Å². The van der Waals surface area contributed by atoms with E-state index >= 15 is 0 Å². The Labute approximate surface area is 138 Å². The molecule has 116 valence electrons. The zero-order chi connectivity index (χ0) is 16.1. The molecule has 2 aromatic carbocycles. The van der Waals surface area contributed by atoms with E-state index in [1.54, 1.807) is 31.5 Å². The summed E-state index contributed by atoms with van der Waals surface area (Å²) in [5.41, 5.74) is 1.21. The molecule has 0 unspecified atom stereocenters. The standard InChI is InChI=1S/C16H15ClFNO2S/c1-20-14-7-11(17)6-10(16(14)21-2)9-19-13-8-12(18)4-5-15(13)22-3/h4-9H,1-3H3/b19-9+. The van der Waals surface area contributed by atoms with Gasteiger partial charge in [-0.25, -0.2) is 4.39 Å². The first-order valence-corrected chi connectivity index (χ1v) is 7.98. The summed E-state index contributed by atoms with van der Waals surface area (Å²) < 4.78 is 24.0. The van der Waals surface area contributed by atoms with Gasteiger partial charge in [-0.1, -0.05) is 11.6 Å². The number of hydrogen-bond donors (Lipinski definition) is 0. The highest BCUT2D eigenvalue weighted by Crippen LogP contribution is 2.34. The first-order chi connectivity index (χ1) is 10.6. The third-order valence-corrected chi connectivity index (χ3v) is 3.96. The number of halogens is 2. The van der Waals surface area contributed by atoms with Crippen molar-refractivity contribution in [3.63, 3.8) is 0 Å². The van der Waals surface area contributed by atoms with Crippen LogP contribution in [0.25, 0.3) is 0 Å². The molecule has 0 aliphatic carbocycles. The lowest BCUT2D eigenvalue weighted by atomic mass is 10.2. The van der Waals surface area contributed by atoms with Gasteiger partial charge in [-0.05, 0) is 24.5 Å². The summed E-state index contributed by atoms with van der Waals surface area (Å²) >= 11 is 7.56. The Morgan fingerprint density at radius 1 is 1.18 bits per heavy atom. The van der Waals surface area contributed by atoms with Crippen LogP contribution in [0, 0.1) is 5.82 Å². The maximum absolute atomic E-state index is 13.4. The lowest BCUT2D eigenvalue weighted by molar-refractivity contribution is 0.354. The molecule has 0 aromatic heterocycles. The molecule has 6 heteroatoms. The minimum Gasteiger partial charge on any atom is -0.493 e. The summed E-state index contributed by atoms with van der Waals surface area (Å²) in [6.07, 6.45) is 3.50. The zero-order valence-corrected chi connectivity index (χ0v) is 14.0. The van der Waals surface area contributed by atoms with Gasteiger partial charge in [0.15, 0.2) is 11.5 Å². The second kappa shape index (κ2) is 7.51. The molecule has 3 nitrogen and oxygen atoms in total. The van der Waals surface area contributed by atoms with Crippen LogP contribution in [-0.4, -0.2) is 26.7 Å². The SMILES string of the molecule is COc1cc(Cl)cc(/C=N/c2cc(F)ccc2SC)c1OC. The van der Waals surface area contributed by atoms with Crippen molar-refractivity contribution in [3.8, 4) is 11.5 Å². The molecule has 0 bridgehead atoms. The fourth-order valence-electron chi connectivity index (χ4n) is 1.96. The van der Waals surface area contributed by atoms with E-state index in [0.717, 1.165) is 4.90 Å². The summed E-state index contributed by atoms with van der Waals surface area (Å²) in [4.78, 5) is 5.23. The van der Waals surface area contributed by atoms with Crippen LogP contribution in [0.5, 0.6) is 11.5 Å². The Hall–Kier alpha value is -1.72. The number of aliphatic imine (C=N–C) groups is 1. The second-order valence-corrected chi connectivity index (χ2v) is 5.59. The molecular weight excluding hydrogens is 325 g/mol. The van der Waals surface area contributed by atoms with Gasteiger partial charge in [0.25, 0.3) is 0 Å².